The molecule has 1 aromatic rings. The molecule has 1 aliphatic rings. The van der Waals surface area contributed by atoms with Gasteiger partial charge in [-0.1, -0.05) is 0 Å². The van der Waals surface area contributed by atoms with Gasteiger partial charge in [0.05, 0.1) is 5.56 Å². The van der Waals surface area contributed by atoms with Crippen LogP contribution in [0.2, 0.25) is 0 Å². The van der Waals surface area contributed by atoms with Crippen molar-refractivity contribution in [3.63, 3.8) is 0 Å². The van der Waals surface area contributed by atoms with E-state index in [1.807, 2.05) is 0 Å². The lowest BCUT2D eigenvalue weighted by Gasteiger charge is -2.27. The van der Waals surface area contributed by atoms with E-state index in [0.717, 1.165) is 13.1 Å². The second-order valence-electron chi connectivity index (χ2n) is 3.53. The molecular weight excluding hydrogens is 277 g/mol. The van der Waals surface area contributed by atoms with Crippen molar-refractivity contribution in [2.75, 3.05) is 26.2 Å². The van der Waals surface area contributed by atoms with Crippen molar-refractivity contribution in [1.29, 1.82) is 0 Å². The van der Waals surface area contributed by atoms with Gasteiger partial charge in [-0.15, -0.1) is 0 Å². The van der Waals surface area contributed by atoms with Crippen LogP contribution in [0.25, 0.3) is 0 Å². The van der Waals surface area contributed by atoms with Crippen LogP contribution in [0.3, 0.4) is 0 Å². The Morgan fingerprint density at radius 3 is 2.88 bits per heavy atom. The van der Waals surface area contributed by atoms with Gasteiger partial charge in [-0.05, 0) is 22.0 Å². The second-order valence-corrected chi connectivity index (χ2v) is 4.45. The van der Waals surface area contributed by atoms with Crippen molar-refractivity contribution < 1.29 is 9.18 Å². The smallest absolute Gasteiger partial charge is 0.258 e. The number of amides is 1. The van der Waals surface area contributed by atoms with Crippen LogP contribution < -0.4 is 5.32 Å². The summed E-state index contributed by atoms with van der Waals surface area (Å²) in [5.41, 5.74) is 0.0243. The van der Waals surface area contributed by atoms with Crippen molar-refractivity contribution in [3.05, 3.63) is 28.2 Å². The van der Waals surface area contributed by atoms with Gasteiger partial charge in [0, 0.05) is 36.8 Å². The lowest BCUT2D eigenvalue weighted by molar-refractivity contribution is 0.0730. The van der Waals surface area contributed by atoms with Crippen LogP contribution in [-0.4, -0.2) is 42.0 Å². The zero-order valence-corrected chi connectivity index (χ0v) is 10.1. The number of piperazine rings is 1. The summed E-state index contributed by atoms with van der Waals surface area (Å²) < 4.78 is 14.0. The first-order valence-electron chi connectivity index (χ1n) is 4.99. The summed E-state index contributed by atoms with van der Waals surface area (Å²) in [5, 5.41) is 3.13. The molecule has 1 N–H and O–H groups in total. The Labute approximate surface area is 101 Å². The number of nitrogens with zero attached hydrogens (tertiary/aromatic N) is 2. The number of rotatable bonds is 1. The number of pyridine rings is 1. The van der Waals surface area contributed by atoms with E-state index in [2.05, 4.69) is 26.2 Å². The zero-order chi connectivity index (χ0) is 11.5. The normalized spacial score (nSPS) is 16.2. The van der Waals surface area contributed by atoms with Crippen LogP contribution in [0, 0.1) is 5.95 Å². The molecule has 4 nitrogen and oxygen atoms in total. The first-order chi connectivity index (χ1) is 7.68. The maximum atomic E-state index is 13.4. The summed E-state index contributed by atoms with van der Waals surface area (Å²) in [4.78, 5) is 17.1. The van der Waals surface area contributed by atoms with Gasteiger partial charge in [-0.2, -0.15) is 4.39 Å². The highest BCUT2D eigenvalue weighted by atomic mass is 79.9. The standard InChI is InChI=1S/C10H11BrFN3O/c11-7-5-8(9(12)14-6-7)10(16)15-3-1-13-2-4-15/h5-6,13H,1-4H2. The van der Waals surface area contributed by atoms with Crippen LogP contribution >= 0.6 is 15.9 Å². The van der Waals surface area contributed by atoms with Crippen LogP contribution in [0.5, 0.6) is 0 Å². The van der Waals surface area contributed by atoms with Gasteiger partial charge in [0.15, 0.2) is 0 Å². The third-order valence-corrected chi connectivity index (χ3v) is 2.87. The predicted molar refractivity (Wildman–Crippen MR) is 60.7 cm³/mol. The predicted octanol–water partition coefficient (Wildman–Crippen LogP) is 1.03. The number of carbonyl (C=O) groups excluding carboxylic acids is 1. The van der Waals surface area contributed by atoms with Crippen molar-refractivity contribution in [3.8, 4) is 0 Å². The van der Waals surface area contributed by atoms with Gasteiger partial charge in [-0.25, -0.2) is 4.98 Å². The molecule has 16 heavy (non-hydrogen) atoms. The number of hydrogen-bond acceptors (Lipinski definition) is 3. The largest absolute Gasteiger partial charge is 0.336 e. The van der Waals surface area contributed by atoms with Crippen LogP contribution in [0.4, 0.5) is 4.39 Å². The molecule has 1 fully saturated rings. The van der Waals surface area contributed by atoms with E-state index >= 15 is 0 Å². The van der Waals surface area contributed by atoms with E-state index in [0.29, 0.717) is 17.6 Å². The summed E-state index contributed by atoms with van der Waals surface area (Å²) >= 11 is 3.18. The van der Waals surface area contributed by atoms with Crippen LogP contribution in [0.15, 0.2) is 16.7 Å². The average molecular weight is 288 g/mol. The van der Waals surface area contributed by atoms with Gasteiger partial charge < -0.3 is 10.2 Å². The Morgan fingerprint density at radius 1 is 1.50 bits per heavy atom. The molecule has 0 radical (unpaired) electrons. The molecule has 86 valence electrons. The van der Waals surface area contributed by atoms with Crippen molar-refractivity contribution in [2.24, 2.45) is 0 Å². The molecule has 0 spiro atoms. The molecule has 0 atom stereocenters. The average Bonchev–Trinajstić information content (AvgIpc) is 2.32. The quantitative estimate of drug-likeness (QED) is 0.785. The van der Waals surface area contributed by atoms with E-state index in [4.69, 9.17) is 0 Å². The van der Waals surface area contributed by atoms with Gasteiger partial charge in [-0.3, -0.25) is 4.79 Å². The Bertz CT molecular complexity index is 407. The highest BCUT2D eigenvalue weighted by Crippen LogP contribution is 2.15. The summed E-state index contributed by atoms with van der Waals surface area (Å²) in [6.07, 6.45) is 1.34. The van der Waals surface area contributed by atoms with Gasteiger partial charge in [0.1, 0.15) is 0 Å². The topological polar surface area (TPSA) is 45.2 Å². The molecule has 1 amide bonds. The minimum Gasteiger partial charge on any atom is -0.336 e. The maximum Gasteiger partial charge on any atom is 0.258 e. The van der Waals surface area contributed by atoms with Gasteiger partial charge >= 0.3 is 0 Å². The SMILES string of the molecule is O=C(c1cc(Br)cnc1F)N1CCNCC1. The molecule has 2 heterocycles. The third-order valence-electron chi connectivity index (χ3n) is 2.44. The number of hydrogen-bond donors (Lipinski definition) is 1. The fourth-order valence-electron chi connectivity index (χ4n) is 1.61. The lowest BCUT2D eigenvalue weighted by atomic mass is 10.2. The summed E-state index contributed by atoms with van der Waals surface area (Å²) in [6, 6.07) is 1.46. The summed E-state index contributed by atoms with van der Waals surface area (Å²) in [6.45, 7) is 2.69. The van der Waals surface area contributed by atoms with Gasteiger partial charge in [0.2, 0.25) is 5.95 Å². The monoisotopic (exact) mass is 287 g/mol. The van der Waals surface area contributed by atoms with Crippen molar-refractivity contribution >= 4 is 21.8 Å². The zero-order valence-electron chi connectivity index (χ0n) is 8.54. The number of aromatic nitrogens is 1. The first-order valence-corrected chi connectivity index (χ1v) is 5.79. The molecule has 1 aromatic heterocycles. The van der Waals surface area contributed by atoms with Gasteiger partial charge in [0.25, 0.3) is 5.91 Å². The Kier molecular flexibility index (Phi) is 3.50. The van der Waals surface area contributed by atoms with E-state index in [9.17, 15) is 9.18 Å². The van der Waals surface area contributed by atoms with Crippen molar-refractivity contribution in [2.45, 2.75) is 0 Å². The highest BCUT2D eigenvalue weighted by molar-refractivity contribution is 9.10. The molecule has 0 unspecified atom stereocenters. The Hall–Kier alpha value is -1.01. The minimum atomic E-state index is -0.716. The fourth-order valence-corrected chi connectivity index (χ4v) is 1.94. The molecule has 2 rings (SSSR count). The fraction of sp³-hybridized carbons (Fsp3) is 0.400. The molecule has 0 bridgehead atoms. The summed E-state index contributed by atoms with van der Waals surface area (Å²) in [7, 11) is 0. The molecular formula is C10H11BrFN3O. The first kappa shape index (κ1) is 11.5. The second kappa shape index (κ2) is 4.88. The molecule has 1 aliphatic heterocycles. The van der Waals surface area contributed by atoms with Crippen LogP contribution in [-0.2, 0) is 0 Å². The summed E-state index contributed by atoms with van der Waals surface area (Å²) in [5.74, 6) is -1.01. The Balaban J connectivity index is 2.22. The number of carbonyl (C=O) groups is 1. The minimum absolute atomic E-state index is 0.0243. The lowest BCUT2D eigenvalue weighted by Crippen LogP contribution is -2.46. The molecule has 1 saturated heterocycles. The van der Waals surface area contributed by atoms with E-state index in [-0.39, 0.29) is 11.5 Å². The third kappa shape index (κ3) is 2.38. The van der Waals surface area contributed by atoms with E-state index < -0.39 is 5.95 Å². The Morgan fingerprint density at radius 2 is 2.19 bits per heavy atom. The number of nitrogens with one attached hydrogen (secondary N) is 1. The molecule has 0 aliphatic carbocycles. The highest BCUT2D eigenvalue weighted by Gasteiger charge is 2.21. The maximum absolute atomic E-state index is 13.4. The van der Waals surface area contributed by atoms with E-state index in [1.165, 1.54) is 12.3 Å². The number of halogens is 2. The molecule has 0 saturated carbocycles. The molecule has 6 heteroatoms. The molecule has 0 aromatic carbocycles. The van der Waals surface area contributed by atoms with E-state index in [1.54, 1.807) is 4.90 Å². The van der Waals surface area contributed by atoms with Crippen molar-refractivity contribution in [1.82, 2.24) is 15.2 Å². The van der Waals surface area contributed by atoms with Crippen LogP contribution in [0.1, 0.15) is 10.4 Å².